The Morgan fingerprint density at radius 3 is 1.08 bits per heavy atom. The average molecular weight is 1170 g/mol. The third kappa shape index (κ3) is 10.7. The zero-order valence-corrected chi connectivity index (χ0v) is 53.2. The highest BCUT2D eigenvalue weighted by atomic mass is 15.0. The summed E-state index contributed by atoms with van der Waals surface area (Å²) in [5.74, 6) is 1.28. The SMILES string of the molecule is [C-]#[N+]c1cccc(-c2ccc(-n3c4ccc(C(C)(C)C)cc4c4cc(C(C)(C)C)ccc43)cc2-c2nc(-c3cccc(-c4cccc(C#N)c4)c3)nc(-c3cc(-n4c5ccc(C(C)(C)C)cc5c5cc(C(C)(C)C)ccc54)ccc3-c3cccc(C#N)c3)n2)c1. The molecule has 0 radical (unpaired) electrons. The third-order valence-electron chi connectivity index (χ3n) is 17.7. The van der Waals surface area contributed by atoms with E-state index >= 15 is 0 Å². The number of hydrogen-bond donors (Lipinski definition) is 0. The molecule has 90 heavy (non-hydrogen) atoms. The van der Waals surface area contributed by atoms with Crippen LogP contribution in [0.1, 0.15) is 116 Å². The fraction of sp³-hybridized carbons (Fsp3) is 0.195. The molecule has 10 aromatic carbocycles. The fourth-order valence-corrected chi connectivity index (χ4v) is 12.5. The Hall–Kier alpha value is -10.7. The number of hydrogen-bond acceptors (Lipinski definition) is 5. The Bertz CT molecular complexity index is 4800. The van der Waals surface area contributed by atoms with Crippen LogP contribution in [0.25, 0.3) is 127 Å². The molecule has 8 heteroatoms. The van der Waals surface area contributed by atoms with Gasteiger partial charge in [-0.15, -0.1) is 0 Å². The van der Waals surface area contributed by atoms with E-state index < -0.39 is 0 Å². The van der Waals surface area contributed by atoms with E-state index in [0.717, 1.165) is 83.5 Å². The molecule has 0 aliphatic heterocycles. The lowest BCUT2D eigenvalue weighted by Crippen LogP contribution is -2.10. The van der Waals surface area contributed by atoms with Crippen molar-refractivity contribution in [1.29, 1.82) is 10.5 Å². The topological polar surface area (TPSA) is 100 Å². The first kappa shape index (κ1) is 58.3. The first-order valence-electron chi connectivity index (χ1n) is 30.8. The molecule has 0 unspecified atom stereocenters. The maximum absolute atomic E-state index is 10.4. The molecule has 0 saturated heterocycles. The van der Waals surface area contributed by atoms with Crippen molar-refractivity contribution in [2.75, 3.05) is 0 Å². The number of rotatable bonds is 8. The maximum atomic E-state index is 10.4. The molecule has 0 amide bonds. The molecule has 13 aromatic rings. The number of aromatic nitrogens is 5. The summed E-state index contributed by atoms with van der Waals surface area (Å²) in [6, 6.07) is 76.5. The molecule has 0 aliphatic rings. The van der Waals surface area contributed by atoms with Gasteiger partial charge < -0.3 is 9.13 Å². The lowest BCUT2D eigenvalue weighted by Gasteiger charge is -2.19. The van der Waals surface area contributed by atoms with Crippen LogP contribution in [0.4, 0.5) is 5.69 Å². The van der Waals surface area contributed by atoms with Crippen LogP contribution in [0.3, 0.4) is 0 Å². The molecule has 3 heterocycles. The Balaban J connectivity index is 1.13. The van der Waals surface area contributed by atoms with Crippen molar-refractivity contribution in [1.82, 2.24) is 24.1 Å². The summed E-state index contributed by atoms with van der Waals surface area (Å²) < 4.78 is 4.72. The average Bonchev–Trinajstić information content (AvgIpc) is 1.53. The molecule has 0 atom stereocenters. The maximum Gasteiger partial charge on any atom is 0.187 e. The summed E-state index contributed by atoms with van der Waals surface area (Å²) in [5, 5.41) is 25.1. The number of nitrogens with zero attached hydrogens (tertiary/aromatic N) is 8. The summed E-state index contributed by atoms with van der Waals surface area (Å²) in [5.41, 5.74) is 19.7. The quantitative estimate of drug-likeness (QED) is 0.141. The summed E-state index contributed by atoms with van der Waals surface area (Å²) in [4.78, 5) is 20.7. The van der Waals surface area contributed by atoms with Gasteiger partial charge in [-0.1, -0.05) is 180 Å². The standard InChI is InChI=1S/C82H70N8/c1-79(2,3)57-26-34-72-66(42-57)67-43-58(80(4,5)6)27-35-73(67)89(72)62-30-32-64(54-22-15-19-51(39-54)49-84)70(46-62)77-86-76(56-24-16-21-53(40-56)52-20-14-18-50(38-52)48-83)87-78(88-77)71-47-63(31-33-65(71)55-23-17-25-61(41-55)85-13)90-74-36-28-59(81(7,8)9)44-68(74)69-45-60(82(10,11)12)29-37-75(69)90/h14-47H,1-12H3. The van der Waals surface area contributed by atoms with Crippen molar-refractivity contribution in [3.8, 4) is 91.1 Å². The third-order valence-corrected chi connectivity index (χ3v) is 17.7. The molecular weight excluding hydrogens is 1100 g/mol. The van der Waals surface area contributed by atoms with Crippen LogP contribution < -0.4 is 0 Å². The van der Waals surface area contributed by atoms with Crippen molar-refractivity contribution in [3.63, 3.8) is 0 Å². The lowest BCUT2D eigenvalue weighted by molar-refractivity contribution is 0.590. The molecule has 0 spiro atoms. The molecule has 438 valence electrons. The van der Waals surface area contributed by atoms with Crippen LogP contribution >= 0.6 is 0 Å². The highest BCUT2D eigenvalue weighted by Crippen LogP contribution is 2.44. The minimum absolute atomic E-state index is 0.0824. The molecular formula is C82H70N8. The predicted octanol–water partition coefficient (Wildman–Crippen LogP) is 21.6. The highest BCUT2D eigenvalue weighted by Gasteiger charge is 2.27. The van der Waals surface area contributed by atoms with Crippen LogP contribution in [0, 0.1) is 29.2 Å². The fourth-order valence-electron chi connectivity index (χ4n) is 12.5. The summed E-state index contributed by atoms with van der Waals surface area (Å²) in [6.45, 7) is 35.3. The van der Waals surface area contributed by atoms with E-state index in [1.807, 2.05) is 91.0 Å². The Morgan fingerprint density at radius 1 is 0.333 bits per heavy atom. The van der Waals surface area contributed by atoms with Crippen molar-refractivity contribution in [2.45, 2.75) is 105 Å². The van der Waals surface area contributed by atoms with E-state index in [1.54, 1.807) is 0 Å². The van der Waals surface area contributed by atoms with E-state index in [1.165, 1.54) is 43.8 Å². The van der Waals surface area contributed by atoms with Crippen LogP contribution in [-0.4, -0.2) is 24.1 Å². The van der Waals surface area contributed by atoms with E-state index in [9.17, 15) is 10.5 Å². The van der Waals surface area contributed by atoms with E-state index in [-0.39, 0.29) is 21.7 Å². The first-order valence-corrected chi connectivity index (χ1v) is 30.8. The summed E-state index contributed by atoms with van der Waals surface area (Å²) in [6.07, 6.45) is 0. The molecule has 8 nitrogen and oxygen atoms in total. The second kappa shape index (κ2) is 21.8. The van der Waals surface area contributed by atoms with Crippen LogP contribution in [-0.2, 0) is 21.7 Å². The Kier molecular flexibility index (Phi) is 14.2. The number of nitriles is 2. The van der Waals surface area contributed by atoms with Gasteiger partial charge in [0.15, 0.2) is 23.2 Å². The number of benzene rings is 10. The van der Waals surface area contributed by atoms with Crippen molar-refractivity contribution in [2.24, 2.45) is 0 Å². The van der Waals surface area contributed by atoms with E-state index in [0.29, 0.717) is 34.3 Å². The van der Waals surface area contributed by atoms with Crippen molar-refractivity contribution >= 4 is 49.3 Å². The van der Waals surface area contributed by atoms with Gasteiger partial charge in [0.1, 0.15) is 0 Å². The van der Waals surface area contributed by atoms with Crippen LogP contribution in [0.5, 0.6) is 0 Å². The highest BCUT2D eigenvalue weighted by molar-refractivity contribution is 6.11. The van der Waals surface area contributed by atoms with Gasteiger partial charge in [0, 0.05) is 49.6 Å². The summed E-state index contributed by atoms with van der Waals surface area (Å²) >= 11 is 0. The second-order valence-corrected chi connectivity index (χ2v) is 28.0. The Labute approximate surface area is 527 Å². The van der Waals surface area contributed by atoms with E-state index in [2.05, 4.69) is 224 Å². The Morgan fingerprint density at radius 2 is 0.678 bits per heavy atom. The summed E-state index contributed by atoms with van der Waals surface area (Å²) in [7, 11) is 0. The zero-order valence-electron chi connectivity index (χ0n) is 53.2. The minimum atomic E-state index is -0.0831. The molecule has 0 saturated carbocycles. The molecule has 0 fully saturated rings. The van der Waals surface area contributed by atoms with Crippen LogP contribution in [0.15, 0.2) is 206 Å². The normalized spacial score (nSPS) is 12.2. The molecule has 0 N–H and O–H groups in total. The van der Waals surface area contributed by atoms with Gasteiger partial charge in [-0.2, -0.15) is 10.5 Å². The van der Waals surface area contributed by atoms with Gasteiger partial charge in [0.05, 0.1) is 51.9 Å². The molecule has 13 rings (SSSR count). The molecule has 3 aromatic heterocycles. The number of fused-ring (bicyclic) bond motifs is 6. The molecule has 0 bridgehead atoms. The van der Waals surface area contributed by atoms with Gasteiger partial charge in [0.2, 0.25) is 0 Å². The first-order chi connectivity index (χ1) is 42.9. The van der Waals surface area contributed by atoms with Gasteiger partial charge >= 0.3 is 0 Å². The van der Waals surface area contributed by atoms with Crippen molar-refractivity contribution in [3.05, 3.63) is 251 Å². The van der Waals surface area contributed by atoms with Crippen molar-refractivity contribution < 1.29 is 0 Å². The van der Waals surface area contributed by atoms with Gasteiger partial charge in [-0.05, 0) is 186 Å². The van der Waals surface area contributed by atoms with E-state index in [4.69, 9.17) is 21.5 Å². The largest absolute Gasteiger partial charge is 0.309 e. The van der Waals surface area contributed by atoms with Gasteiger partial charge in [-0.3, -0.25) is 0 Å². The second-order valence-electron chi connectivity index (χ2n) is 28.0. The van der Waals surface area contributed by atoms with Gasteiger partial charge in [-0.25, -0.2) is 19.8 Å². The zero-order chi connectivity index (χ0) is 63.2. The smallest absolute Gasteiger partial charge is 0.187 e. The van der Waals surface area contributed by atoms with Crippen LogP contribution in [0.2, 0.25) is 0 Å². The van der Waals surface area contributed by atoms with Gasteiger partial charge in [0.25, 0.3) is 0 Å². The molecule has 0 aliphatic carbocycles. The lowest BCUT2D eigenvalue weighted by atomic mass is 9.85. The monoisotopic (exact) mass is 1170 g/mol. The predicted molar refractivity (Wildman–Crippen MR) is 372 cm³/mol. The minimum Gasteiger partial charge on any atom is -0.309 e.